The number of carbonyl (C=O) groups excluding carboxylic acids is 6. The van der Waals surface area contributed by atoms with Crippen LogP contribution in [0.3, 0.4) is 0 Å². The minimum atomic E-state index is -1.28. The predicted octanol–water partition coefficient (Wildman–Crippen LogP) is 7.75. The molecule has 0 radical (unpaired) electrons. The number of carboxylic acid groups (broad SMARTS) is 1. The average Bonchev–Trinajstić information content (AvgIpc) is 4.33. The molecule has 8 heterocycles. The number of fused-ring (bicyclic) bond motifs is 14. The number of pyridine rings is 1. The number of thiazole rings is 6. The Balaban J connectivity index is 1.12. The fourth-order valence-electron chi connectivity index (χ4n) is 8.36. The molecule has 426 valence electrons. The molecule has 1 aromatic carbocycles. The third-order valence-corrected chi connectivity index (χ3v) is 18.5. The number of aliphatic hydroxyl groups is 1. The number of benzene rings is 1. The van der Waals surface area contributed by atoms with Gasteiger partial charge in [-0.25, -0.2) is 34.9 Å². The van der Waals surface area contributed by atoms with Crippen LogP contribution in [-0.4, -0.2) is 107 Å². The summed E-state index contributed by atoms with van der Waals surface area (Å²) in [4.78, 5) is 128. The van der Waals surface area contributed by atoms with E-state index in [1.54, 1.807) is 77.8 Å². The van der Waals surface area contributed by atoms with Gasteiger partial charge in [0, 0.05) is 58.5 Å². The molecule has 0 saturated heterocycles. The van der Waals surface area contributed by atoms with Gasteiger partial charge in [-0.3, -0.25) is 33.6 Å². The van der Waals surface area contributed by atoms with E-state index in [4.69, 9.17) is 29.8 Å². The molecular weight excluding hydrogens is 1170 g/mol. The summed E-state index contributed by atoms with van der Waals surface area (Å²) >= 11 is 7.12. The van der Waals surface area contributed by atoms with Crippen LogP contribution in [0.15, 0.2) is 64.0 Å². The van der Waals surface area contributed by atoms with Gasteiger partial charge in [0.1, 0.15) is 82.2 Å². The van der Waals surface area contributed by atoms with E-state index < -0.39 is 72.2 Å². The summed E-state index contributed by atoms with van der Waals surface area (Å²) in [7, 11) is 2.93. The Hall–Kier alpha value is -7.64. The predicted molar refractivity (Wildman–Crippen MR) is 312 cm³/mol. The molecule has 8 N–H and O–H groups in total. The van der Waals surface area contributed by atoms with Crippen molar-refractivity contribution in [3.63, 3.8) is 0 Å². The number of amides is 6. The van der Waals surface area contributed by atoms with Gasteiger partial charge in [0.15, 0.2) is 0 Å². The molecule has 0 saturated carbocycles. The number of nitrogens with zero attached hydrogens (tertiary/aromatic N) is 7. The Morgan fingerprint density at radius 3 is 2.16 bits per heavy atom. The van der Waals surface area contributed by atoms with Crippen molar-refractivity contribution < 1.29 is 48.5 Å². The van der Waals surface area contributed by atoms with Crippen molar-refractivity contribution in [3.8, 4) is 43.4 Å². The highest BCUT2D eigenvalue weighted by Crippen LogP contribution is 2.40. The van der Waals surface area contributed by atoms with E-state index in [1.807, 2.05) is 13.8 Å². The van der Waals surface area contributed by atoms with Crippen LogP contribution >= 0.6 is 68.0 Å². The second-order valence-electron chi connectivity index (χ2n) is 19.0. The SMILES string of the molecule is CNC(=O)C[C@@H]1NC(=O)c2csc(n2)-c2ccc(-c3nc(NC(=O)[C@H](C)CCC(=O)O)cs3)nc2-c2csc(n2)-c2csc(n2)[C@H]([C@@H](O)c2ccccc2)NC(=O)CNC(=O)c2nc(sc2COC)[C@@H](C(C)C)NC(=O)c2nc1sc2C. The molecule has 5 atom stereocenters. The molecule has 8 aromatic rings. The van der Waals surface area contributed by atoms with Crippen LogP contribution in [-0.2, 0) is 30.5 Å². The molecule has 7 aromatic heterocycles. The number of aryl methyl sites for hydroxylation is 1. The number of ether oxygens (including phenoxy) is 1. The van der Waals surface area contributed by atoms with Crippen LogP contribution in [0.4, 0.5) is 5.82 Å². The van der Waals surface area contributed by atoms with Gasteiger partial charge in [0.2, 0.25) is 17.7 Å². The number of aromatic nitrogens is 7. The van der Waals surface area contributed by atoms with Crippen LogP contribution in [0.25, 0.3) is 43.4 Å². The van der Waals surface area contributed by atoms with Crippen molar-refractivity contribution in [2.75, 3.05) is 26.0 Å². The molecule has 1 aliphatic heterocycles. The molecule has 0 spiro atoms. The lowest BCUT2D eigenvalue weighted by Gasteiger charge is -2.23. The maximum atomic E-state index is 14.3. The molecule has 9 rings (SSSR count). The first-order valence-corrected chi connectivity index (χ1v) is 30.5. The van der Waals surface area contributed by atoms with Crippen LogP contribution < -0.4 is 31.9 Å². The summed E-state index contributed by atoms with van der Waals surface area (Å²) < 4.78 is 5.44. The Morgan fingerprint density at radius 1 is 0.707 bits per heavy atom. The van der Waals surface area contributed by atoms with Crippen molar-refractivity contribution in [1.82, 2.24) is 61.5 Å². The summed E-state index contributed by atoms with van der Waals surface area (Å²) in [6, 6.07) is 9.42. The number of carbonyl (C=O) groups is 7. The van der Waals surface area contributed by atoms with Gasteiger partial charge in [-0.05, 0) is 37.0 Å². The number of aliphatic carboxylic acids is 1. The first kappa shape index (κ1) is 59.0. The summed E-state index contributed by atoms with van der Waals surface area (Å²) in [6.45, 7) is 6.58. The zero-order valence-electron chi connectivity index (χ0n) is 44.6. The van der Waals surface area contributed by atoms with E-state index in [9.17, 15) is 38.7 Å². The fraction of sp³-hybridized carbons (Fsp3) is 0.321. The third kappa shape index (κ3) is 13.6. The number of nitrogens with one attached hydrogen (secondary N) is 6. The minimum absolute atomic E-state index is 0.00126. The largest absolute Gasteiger partial charge is 0.481 e. The van der Waals surface area contributed by atoms with Gasteiger partial charge in [0.25, 0.3) is 17.7 Å². The van der Waals surface area contributed by atoms with Gasteiger partial charge < -0.3 is 46.9 Å². The fourth-order valence-corrected chi connectivity index (χ4v) is 13.9. The number of hydrogen-bond donors (Lipinski definition) is 8. The molecule has 6 amide bonds. The van der Waals surface area contributed by atoms with Crippen molar-refractivity contribution in [2.45, 2.75) is 77.8 Å². The van der Waals surface area contributed by atoms with E-state index in [0.717, 1.165) is 22.7 Å². The lowest BCUT2D eigenvalue weighted by Crippen LogP contribution is -2.40. The normalized spacial score (nSPS) is 16.8. The van der Waals surface area contributed by atoms with Crippen molar-refractivity contribution >= 4 is 115 Å². The van der Waals surface area contributed by atoms with E-state index in [2.05, 4.69) is 46.9 Å². The Labute approximate surface area is 492 Å². The first-order valence-electron chi connectivity index (χ1n) is 25.3. The maximum absolute atomic E-state index is 14.3. The Bertz CT molecular complexity index is 3680. The molecule has 0 fully saturated rings. The monoisotopic (exact) mass is 1220 g/mol. The topological polar surface area (TPSA) is 332 Å². The van der Waals surface area contributed by atoms with Crippen molar-refractivity contribution in [2.24, 2.45) is 11.8 Å². The van der Waals surface area contributed by atoms with Gasteiger partial charge in [-0.15, -0.1) is 68.0 Å². The summed E-state index contributed by atoms with van der Waals surface area (Å²) in [5, 5.41) is 46.9. The first-order chi connectivity index (χ1) is 39.4. The summed E-state index contributed by atoms with van der Waals surface area (Å²) in [5.41, 5.74) is 2.62. The zero-order chi connectivity index (χ0) is 58.4. The van der Waals surface area contributed by atoms with Crippen LogP contribution in [0.2, 0.25) is 0 Å². The highest BCUT2D eigenvalue weighted by Gasteiger charge is 2.33. The maximum Gasteiger partial charge on any atom is 0.303 e. The standard InChI is InChI=1S/C53H53N13O10S6/c1-23(2)38-53-66-41(33(82-53)18-76-6)46(74)55-17-36(68)63-42(43(71)26-10-8-7-9-11-26)52-60-32(21-79-52)50-58-30(19-78-50)40-27(13-14-28(56-40)49-62-34(22-80-49)61-44(72)24(3)12-15-37(69)70)48-59-31(20-77-48)45(73)57-29(16-35(67)54-5)51-65-39(25(4)81-51)47(75)64-38/h7-11,13-14,19-24,29,38,42-43,71H,12,15-18H2,1-6H3,(H,54,67)(H,55,74)(H,57,73)(H,61,72)(H,63,68)(H,64,75)(H,69,70)/t24-,29+,38-,42+,43+/m1/s1. The van der Waals surface area contributed by atoms with E-state index >= 15 is 0 Å². The third-order valence-electron chi connectivity index (χ3n) is 12.7. The summed E-state index contributed by atoms with van der Waals surface area (Å²) in [6.07, 6.45) is -1.53. The van der Waals surface area contributed by atoms with E-state index in [1.165, 1.54) is 59.5 Å². The Morgan fingerprint density at radius 2 is 1.41 bits per heavy atom. The molecule has 1 aliphatic rings. The zero-order valence-corrected chi connectivity index (χ0v) is 49.5. The molecule has 0 aliphatic carbocycles. The Kier molecular flexibility index (Phi) is 18.8. The van der Waals surface area contributed by atoms with Gasteiger partial charge in [-0.2, -0.15) is 0 Å². The number of carboxylic acids is 1. The second-order valence-corrected chi connectivity index (χ2v) is 24.8. The highest BCUT2D eigenvalue weighted by molar-refractivity contribution is 7.15. The van der Waals surface area contributed by atoms with Crippen molar-refractivity contribution in [3.05, 3.63) is 111 Å². The number of hydrogen-bond acceptors (Lipinski definition) is 22. The molecule has 29 heteroatoms. The van der Waals surface area contributed by atoms with Gasteiger partial charge in [0.05, 0.1) is 42.2 Å². The van der Waals surface area contributed by atoms with Gasteiger partial charge in [-0.1, -0.05) is 51.1 Å². The quantitative estimate of drug-likeness (QED) is 0.0547. The number of methoxy groups -OCH3 is 1. The van der Waals surface area contributed by atoms with E-state index in [0.29, 0.717) is 68.7 Å². The molecule has 10 bridgehead atoms. The number of rotatable bonds is 13. The average molecular weight is 1220 g/mol. The number of aliphatic hydroxyl groups excluding tert-OH is 1. The van der Waals surface area contributed by atoms with E-state index in [-0.39, 0.29) is 65.6 Å². The molecule has 82 heavy (non-hydrogen) atoms. The molecule has 23 nitrogen and oxygen atoms in total. The van der Waals surface area contributed by atoms with Crippen LogP contribution in [0.5, 0.6) is 0 Å². The smallest absolute Gasteiger partial charge is 0.303 e. The summed E-state index contributed by atoms with van der Waals surface area (Å²) in [5.74, 6) is -4.90. The van der Waals surface area contributed by atoms with Crippen LogP contribution in [0.1, 0.15) is 126 Å². The number of anilines is 1. The molecule has 0 unspecified atom stereocenters. The van der Waals surface area contributed by atoms with Crippen molar-refractivity contribution in [1.29, 1.82) is 0 Å². The van der Waals surface area contributed by atoms with Crippen LogP contribution in [0, 0.1) is 18.8 Å². The second kappa shape index (κ2) is 26.1. The molecular formula is C53H53N13O10S6. The lowest BCUT2D eigenvalue weighted by atomic mass is 10.0. The minimum Gasteiger partial charge on any atom is -0.481 e. The lowest BCUT2D eigenvalue weighted by molar-refractivity contribution is -0.137. The van der Waals surface area contributed by atoms with Gasteiger partial charge >= 0.3 is 5.97 Å². The highest BCUT2D eigenvalue weighted by atomic mass is 32.1.